The molecule has 2 nitrogen and oxygen atoms in total. The quantitative estimate of drug-likeness (QED) is 0.516. The van der Waals surface area contributed by atoms with Gasteiger partial charge in [0, 0.05) is 0 Å². The van der Waals surface area contributed by atoms with E-state index in [1.165, 1.54) is 11.1 Å². The van der Waals surface area contributed by atoms with Crippen LogP contribution in [0.15, 0.2) is 11.1 Å². The third-order valence-electron chi connectivity index (χ3n) is 3.55. The monoisotopic (exact) mass is 210 g/mol. The summed E-state index contributed by atoms with van der Waals surface area (Å²) in [5.41, 5.74) is 2.60. The van der Waals surface area contributed by atoms with Gasteiger partial charge in [-0.25, -0.2) is 0 Å². The van der Waals surface area contributed by atoms with E-state index in [1.807, 2.05) is 6.92 Å². The Morgan fingerprint density at radius 3 is 2.60 bits per heavy atom. The van der Waals surface area contributed by atoms with Crippen LogP contribution in [-0.4, -0.2) is 12.6 Å². The Bertz CT molecular complexity index is 287. The normalized spacial score (nSPS) is 25.3. The zero-order valence-electron chi connectivity index (χ0n) is 10.5. The molecule has 0 aromatic rings. The molecule has 0 amide bonds. The summed E-state index contributed by atoms with van der Waals surface area (Å²) in [6, 6.07) is 0. The predicted molar refractivity (Wildman–Crippen MR) is 61.5 cm³/mol. The second kappa shape index (κ2) is 4.38. The fourth-order valence-electron chi connectivity index (χ4n) is 2.41. The lowest BCUT2D eigenvalue weighted by Gasteiger charge is -2.38. The standard InChI is InChI=1S/C13H22O2/c1-6-15-12(14)11-10(3)9(2)7-8-13(11,4)5/h11H,6-8H2,1-5H3/t11-/m0/s1. The lowest BCUT2D eigenvalue weighted by Crippen LogP contribution is -2.36. The molecule has 0 N–H and O–H groups in total. The van der Waals surface area contributed by atoms with E-state index < -0.39 is 0 Å². The summed E-state index contributed by atoms with van der Waals surface area (Å²) in [4.78, 5) is 11.9. The average molecular weight is 210 g/mol. The molecule has 0 aromatic carbocycles. The summed E-state index contributed by atoms with van der Waals surface area (Å²) in [5, 5.41) is 0. The van der Waals surface area contributed by atoms with Gasteiger partial charge in [-0.2, -0.15) is 0 Å². The first-order chi connectivity index (χ1) is 6.90. The maximum Gasteiger partial charge on any atom is 0.313 e. The molecule has 15 heavy (non-hydrogen) atoms. The molecular formula is C13H22O2. The lowest BCUT2D eigenvalue weighted by molar-refractivity contribution is -0.150. The molecule has 2 heteroatoms. The largest absolute Gasteiger partial charge is 0.466 e. The van der Waals surface area contributed by atoms with Crippen LogP contribution in [-0.2, 0) is 9.53 Å². The van der Waals surface area contributed by atoms with E-state index in [0.717, 1.165) is 12.8 Å². The third kappa shape index (κ3) is 2.42. The Balaban J connectivity index is 2.98. The summed E-state index contributed by atoms with van der Waals surface area (Å²) in [6.07, 6.45) is 2.17. The van der Waals surface area contributed by atoms with Gasteiger partial charge in [-0.15, -0.1) is 0 Å². The van der Waals surface area contributed by atoms with Crippen molar-refractivity contribution >= 4 is 5.97 Å². The smallest absolute Gasteiger partial charge is 0.313 e. The van der Waals surface area contributed by atoms with E-state index in [1.54, 1.807) is 0 Å². The van der Waals surface area contributed by atoms with E-state index >= 15 is 0 Å². The highest BCUT2D eigenvalue weighted by molar-refractivity contribution is 5.77. The van der Waals surface area contributed by atoms with Crippen molar-refractivity contribution in [3.05, 3.63) is 11.1 Å². The molecule has 1 aliphatic carbocycles. The lowest BCUT2D eigenvalue weighted by atomic mass is 9.66. The topological polar surface area (TPSA) is 26.3 Å². The van der Waals surface area contributed by atoms with Crippen molar-refractivity contribution in [1.82, 2.24) is 0 Å². The van der Waals surface area contributed by atoms with E-state index in [4.69, 9.17) is 4.74 Å². The van der Waals surface area contributed by atoms with Gasteiger partial charge < -0.3 is 4.74 Å². The highest BCUT2D eigenvalue weighted by atomic mass is 16.5. The van der Waals surface area contributed by atoms with Gasteiger partial charge in [-0.05, 0) is 39.0 Å². The van der Waals surface area contributed by atoms with Gasteiger partial charge in [0.15, 0.2) is 0 Å². The van der Waals surface area contributed by atoms with Crippen molar-refractivity contribution in [3.8, 4) is 0 Å². The van der Waals surface area contributed by atoms with Crippen LogP contribution < -0.4 is 0 Å². The number of allylic oxidation sites excluding steroid dienone is 1. The van der Waals surface area contributed by atoms with E-state index in [9.17, 15) is 4.79 Å². The second-order valence-corrected chi connectivity index (χ2v) is 5.14. The molecule has 0 fully saturated rings. The minimum Gasteiger partial charge on any atom is -0.466 e. The highest BCUT2D eigenvalue weighted by Gasteiger charge is 2.40. The van der Waals surface area contributed by atoms with Gasteiger partial charge in [0.05, 0.1) is 12.5 Å². The Morgan fingerprint density at radius 1 is 1.47 bits per heavy atom. The van der Waals surface area contributed by atoms with Crippen molar-refractivity contribution in [2.24, 2.45) is 11.3 Å². The van der Waals surface area contributed by atoms with E-state index in [-0.39, 0.29) is 17.3 Å². The maximum atomic E-state index is 11.9. The molecule has 1 atom stereocenters. The van der Waals surface area contributed by atoms with Gasteiger partial charge in [0.25, 0.3) is 0 Å². The molecule has 0 bridgehead atoms. The van der Waals surface area contributed by atoms with Crippen molar-refractivity contribution in [3.63, 3.8) is 0 Å². The van der Waals surface area contributed by atoms with Crippen LogP contribution >= 0.6 is 0 Å². The second-order valence-electron chi connectivity index (χ2n) is 5.14. The highest BCUT2D eigenvalue weighted by Crippen LogP contribution is 2.44. The molecule has 86 valence electrons. The van der Waals surface area contributed by atoms with Crippen molar-refractivity contribution in [2.45, 2.75) is 47.5 Å². The van der Waals surface area contributed by atoms with Gasteiger partial charge in [-0.3, -0.25) is 4.79 Å². The first-order valence-corrected chi connectivity index (χ1v) is 5.73. The van der Waals surface area contributed by atoms with Crippen LogP contribution in [0.25, 0.3) is 0 Å². The Labute approximate surface area is 92.7 Å². The molecule has 0 saturated carbocycles. The van der Waals surface area contributed by atoms with Crippen molar-refractivity contribution in [1.29, 1.82) is 0 Å². The molecule has 0 saturated heterocycles. The van der Waals surface area contributed by atoms with Crippen LogP contribution in [0.4, 0.5) is 0 Å². The molecular weight excluding hydrogens is 188 g/mol. The van der Waals surface area contributed by atoms with Crippen LogP contribution in [0.1, 0.15) is 47.5 Å². The Morgan fingerprint density at radius 2 is 2.07 bits per heavy atom. The van der Waals surface area contributed by atoms with Crippen molar-refractivity contribution < 1.29 is 9.53 Å². The SMILES string of the molecule is CCOC(=O)[C@@H]1C(C)=C(C)CCC1(C)C. The molecule has 1 rings (SSSR count). The van der Waals surface area contributed by atoms with Gasteiger partial charge >= 0.3 is 5.97 Å². The first kappa shape index (κ1) is 12.3. The summed E-state index contributed by atoms with van der Waals surface area (Å²) in [6.45, 7) is 10.8. The number of rotatable bonds is 2. The minimum absolute atomic E-state index is 0.0375. The van der Waals surface area contributed by atoms with E-state index in [2.05, 4.69) is 27.7 Å². The van der Waals surface area contributed by atoms with Gasteiger partial charge in [-0.1, -0.05) is 25.0 Å². The summed E-state index contributed by atoms with van der Waals surface area (Å²) < 4.78 is 5.16. The number of hydrogen-bond donors (Lipinski definition) is 0. The Kier molecular flexibility index (Phi) is 3.58. The number of esters is 1. The molecule has 0 heterocycles. The first-order valence-electron chi connectivity index (χ1n) is 5.73. The van der Waals surface area contributed by atoms with Gasteiger partial charge in [0.2, 0.25) is 0 Å². The summed E-state index contributed by atoms with van der Waals surface area (Å²) >= 11 is 0. The number of carbonyl (C=O) groups excluding carboxylic acids is 1. The molecule has 1 aliphatic rings. The average Bonchev–Trinajstić information content (AvgIpc) is 2.12. The molecule has 0 unspecified atom stereocenters. The molecule has 0 spiro atoms. The molecule has 0 aliphatic heterocycles. The fraction of sp³-hybridized carbons (Fsp3) is 0.769. The van der Waals surface area contributed by atoms with Crippen LogP contribution in [0.3, 0.4) is 0 Å². The molecule has 0 radical (unpaired) electrons. The fourth-order valence-corrected chi connectivity index (χ4v) is 2.41. The van der Waals surface area contributed by atoms with Gasteiger partial charge in [0.1, 0.15) is 0 Å². The third-order valence-corrected chi connectivity index (χ3v) is 3.55. The number of hydrogen-bond acceptors (Lipinski definition) is 2. The molecule has 0 aromatic heterocycles. The number of carbonyl (C=O) groups is 1. The van der Waals surface area contributed by atoms with Crippen LogP contribution in [0.2, 0.25) is 0 Å². The summed E-state index contributed by atoms with van der Waals surface area (Å²) in [5.74, 6) is -0.106. The summed E-state index contributed by atoms with van der Waals surface area (Å²) in [7, 11) is 0. The predicted octanol–water partition coefficient (Wildman–Crippen LogP) is 3.32. The van der Waals surface area contributed by atoms with E-state index in [0.29, 0.717) is 6.61 Å². The zero-order chi connectivity index (χ0) is 11.6. The van der Waals surface area contributed by atoms with Crippen molar-refractivity contribution in [2.75, 3.05) is 6.61 Å². The number of ether oxygens (including phenoxy) is 1. The minimum atomic E-state index is -0.0564. The maximum absolute atomic E-state index is 11.9. The van der Waals surface area contributed by atoms with Crippen LogP contribution in [0.5, 0.6) is 0 Å². The zero-order valence-corrected chi connectivity index (χ0v) is 10.5. The Hall–Kier alpha value is -0.790. The van der Waals surface area contributed by atoms with Crippen LogP contribution in [0, 0.1) is 11.3 Å².